The molecule has 0 spiro atoms. The van der Waals surface area contributed by atoms with E-state index in [1.807, 2.05) is 27.7 Å². The summed E-state index contributed by atoms with van der Waals surface area (Å²) in [4.78, 5) is 28.4. The molecule has 2 aliphatic heterocycles. The first-order valence-corrected chi connectivity index (χ1v) is 9.34. The molecule has 0 radical (unpaired) electrons. The number of carbonyl (C=O) groups is 2. The third-order valence-electron chi connectivity index (χ3n) is 4.78. The van der Waals surface area contributed by atoms with Crippen LogP contribution < -0.4 is 0 Å². The summed E-state index contributed by atoms with van der Waals surface area (Å²) >= 11 is 0. The number of piperidine rings is 1. The van der Waals surface area contributed by atoms with Crippen molar-refractivity contribution in [1.82, 2.24) is 9.80 Å². The van der Waals surface area contributed by atoms with Crippen molar-refractivity contribution in [2.75, 3.05) is 19.8 Å². The number of fused-ring (bicyclic) bond motifs is 1. The van der Waals surface area contributed by atoms with Crippen LogP contribution in [0.5, 0.6) is 0 Å². The van der Waals surface area contributed by atoms with Gasteiger partial charge in [-0.3, -0.25) is 4.90 Å². The number of carbonyl (C=O) groups excluding carboxylic acids is 2. The third-order valence-corrected chi connectivity index (χ3v) is 4.78. The lowest BCUT2D eigenvalue weighted by molar-refractivity contribution is 0.000108. The number of aliphatic hydroxyl groups is 1. The Kier molecular flexibility index (Phi) is 6.54. The third kappa shape index (κ3) is 4.77. The molecule has 25 heavy (non-hydrogen) atoms. The van der Waals surface area contributed by atoms with Crippen LogP contribution in [-0.4, -0.2) is 70.6 Å². The fraction of sp³-hybridized carbons (Fsp3) is 0.889. The van der Waals surface area contributed by atoms with E-state index < -0.39 is 11.7 Å². The second kappa shape index (κ2) is 8.25. The maximum atomic E-state index is 12.6. The molecule has 7 heteroatoms. The molecule has 2 rings (SSSR count). The molecule has 2 aliphatic rings. The number of hydrogen-bond acceptors (Lipinski definition) is 5. The zero-order chi connectivity index (χ0) is 18.6. The summed E-state index contributed by atoms with van der Waals surface area (Å²) in [5, 5.41) is 9.74. The smallest absolute Gasteiger partial charge is 0.410 e. The molecular weight excluding hydrogens is 324 g/mol. The Labute approximate surface area is 150 Å². The molecule has 0 aromatic rings. The van der Waals surface area contributed by atoms with Gasteiger partial charge in [-0.15, -0.1) is 0 Å². The van der Waals surface area contributed by atoms with Crippen LogP contribution in [0.1, 0.15) is 59.8 Å². The van der Waals surface area contributed by atoms with Crippen LogP contribution in [0.2, 0.25) is 0 Å². The number of unbranched alkanes of at least 4 members (excludes halogenated alkanes) is 1. The van der Waals surface area contributed by atoms with Gasteiger partial charge in [-0.25, -0.2) is 9.59 Å². The molecule has 0 aromatic heterocycles. The average Bonchev–Trinajstić information content (AvgIpc) is 2.91. The molecule has 3 atom stereocenters. The first-order chi connectivity index (χ1) is 11.8. The van der Waals surface area contributed by atoms with Gasteiger partial charge in [-0.2, -0.15) is 0 Å². The molecule has 2 saturated heterocycles. The fourth-order valence-corrected chi connectivity index (χ4v) is 3.68. The van der Waals surface area contributed by atoms with Gasteiger partial charge in [0.25, 0.3) is 0 Å². The highest BCUT2D eigenvalue weighted by molar-refractivity contribution is 5.71. The van der Waals surface area contributed by atoms with Crippen molar-refractivity contribution in [2.24, 2.45) is 0 Å². The number of hydrogen-bond donors (Lipinski definition) is 1. The molecule has 3 unspecified atom stereocenters. The second-order valence-corrected chi connectivity index (χ2v) is 7.90. The number of aliphatic hydroxyl groups excluding tert-OH is 1. The van der Waals surface area contributed by atoms with E-state index >= 15 is 0 Å². The maximum Gasteiger partial charge on any atom is 0.410 e. The fourth-order valence-electron chi connectivity index (χ4n) is 3.68. The summed E-state index contributed by atoms with van der Waals surface area (Å²) in [7, 11) is 0. The van der Waals surface area contributed by atoms with Crippen molar-refractivity contribution in [3.05, 3.63) is 0 Å². The van der Waals surface area contributed by atoms with Crippen LogP contribution in [0, 0.1) is 0 Å². The van der Waals surface area contributed by atoms with E-state index in [4.69, 9.17) is 9.47 Å². The quantitative estimate of drug-likeness (QED) is 0.784. The van der Waals surface area contributed by atoms with Gasteiger partial charge < -0.3 is 19.5 Å². The van der Waals surface area contributed by atoms with E-state index in [1.165, 1.54) is 0 Å². The van der Waals surface area contributed by atoms with Gasteiger partial charge in [0, 0.05) is 6.54 Å². The van der Waals surface area contributed by atoms with Crippen molar-refractivity contribution in [1.29, 1.82) is 0 Å². The zero-order valence-electron chi connectivity index (χ0n) is 15.9. The van der Waals surface area contributed by atoms with Gasteiger partial charge in [0.05, 0.1) is 31.3 Å². The van der Waals surface area contributed by atoms with Crippen LogP contribution in [0.15, 0.2) is 0 Å². The van der Waals surface area contributed by atoms with Gasteiger partial charge in [-0.05, 0) is 46.5 Å². The van der Waals surface area contributed by atoms with E-state index in [9.17, 15) is 14.7 Å². The number of nitrogens with zero attached hydrogens (tertiary/aromatic N) is 2. The highest BCUT2D eigenvalue weighted by atomic mass is 16.6. The Morgan fingerprint density at radius 1 is 1.20 bits per heavy atom. The Bertz CT molecular complexity index is 477. The molecule has 0 saturated carbocycles. The average molecular weight is 356 g/mol. The maximum absolute atomic E-state index is 12.6. The lowest BCUT2D eigenvalue weighted by Gasteiger charge is -2.39. The Hall–Kier alpha value is -1.50. The summed E-state index contributed by atoms with van der Waals surface area (Å²) in [6.07, 6.45) is 3.25. The monoisotopic (exact) mass is 356 g/mol. The minimum Gasteiger partial charge on any atom is -0.449 e. The van der Waals surface area contributed by atoms with Crippen LogP contribution >= 0.6 is 0 Å². The van der Waals surface area contributed by atoms with E-state index in [2.05, 4.69) is 0 Å². The first-order valence-electron chi connectivity index (χ1n) is 9.34. The van der Waals surface area contributed by atoms with Crippen molar-refractivity contribution >= 4 is 12.2 Å². The highest BCUT2D eigenvalue weighted by Gasteiger charge is 2.50. The summed E-state index contributed by atoms with van der Waals surface area (Å²) in [6, 6.07) is -0.569. The van der Waals surface area contributed by atoms with Gasteiger partial charge in [-0.1, -0.05) is 13.3 Å². The molecule has 144 valence electrons. The van der Waals surface area contributed by atoms with Crippen LogP contribution in [0.25, 0.3) is 0 Å². The van der Waals surface area contributed by atoms with Crippen molar-refractivity contribution in [3.8, 4) is 0 Å². The lowest BCUT2D eigenvalue weighted by atomic mass is 9.97. The van der Waals surface area contributed by atoms with Gasteiger partial charge in [0.15, 0.2) is 0 Å². The zero-order valence-corrected chi connectivity index (χ0v) is 15.9. The molecule has 0 aliphatic carbocycles. The molecular formula is C18H32N2O5. The number of ether oxygens (including phenoxy) is 2. The molecule has 2 fully saturated rings. The van der Waals surface area contributed by atoms with E-state index in [0.717, 1.165) is 25.7 Å². The van der Waals surface area contributed by atoms with Crippen LogP contribution in [-0.2, 0) is 9.47 Å². The van der Waals surface area contributed by atoms with E-state index in [1.54, 1.807) is 9.80 Å². The first kappa shape index (κ1) is 19.8. The summed E-state index contributed by atoms with van der Waals surface area (Å²) < 4.78 is 10.9. The van der Waals surface area contributed by atoms with Crippen LogP contribution in [0.3, 0.4) is 0 Å². The minimum atomic E-state index is -0.595. The molecule has 7 nitrogen and oxygen atoms in total. The topological polar surface area (TPSA) is 79.3 Å². The minimum absolute atomic E-state index is 0.118. The molecule has 1 N–H and O–H groups in total. The second-order valence-electron chi connectivity index (χ2n) is 7.90. The van der Waals surface area contributed by atoms with Crippen molar-refractivity contribution < 1.29 is 24.2 Å². The molecule has 0 aromatic carbocycles. The largest absolute Gasteiger partial charge is 0.449 e. The number of likely N-dealkylation sites (tertiary alicyclic amines) is 2. The summed E-state index contributed by atoms with van der Waals surface area (Å²) in [6.45, 7) is 8.44. The SMILES string of the molecule is CCCCOC(=O)N1CCCC2C1CC(CO)N2C(=O)OC(C)(C)C. The molecule has 0 bridgehead atoms. The number of rotatable bonds is 4. The molecule has 2 amide bonds. The van der Waals surface area contributed by atoms with Crippen molar-refractivity contribution in [3.63, 3.8) is 0 Å². The predicted octanol–water partition coefficient (Wildman–Crippen LogP) is 2.76. The van der Waals surface area contributed by atoms with Gasteiger partial charge >= 0.3 is 12.2 Å². The van der Waals surface area contributed by atoms with Gasteiger partial charge in [0.2, 0.25) is 0 Å². The summed E-state index contributed by atoms with van der Waals surface area (Å²) in [5.41, 5.74) is -0.595. The number of amides is 2. The highest BCUT2D eigenvalue weighted by Crippen LogP contribution is 2.36. The van der Waals surface area contributed by atoms with E-state index in [-0.39, 0.29) is 30.8 Å². The summed E-state index contributed by atoms with van der Waals surface area (Å²) in [5.74, 6) is 0. The van der Waals surface area contributed by atoms with Crippen molar-refractivity contribution in [2.45, 2.75) is 83.5 Å². The molecule has 2 heterocycles. The Morgan fingerprint density at radius 2 is 1.92 bits per heavy atom. The van der Waals surface area contributed by atoms with Gasteiger partial charge in [0.1, 0.15) is 5.60 Å². The predicted molar refractivity (Wildman–Crippen MR) is 93.3 cm³/mol. The Morgan fingerprint density at radius 3 is 2.52 bits per heavy atom. The van der Waals surface area contributed by atoms with Crippen LogP contribution in [0.4, 0.5) is 9.59 Å². The standard InChI is InChI=1S/C18H32N2O5/c1-5-6-10-24-16(22)19-9-7-8-14-15(19)11-13(12-21)20(14)17(23)25-18(2,3)4/h13-15,21H,5-12H2,1-4H3. The normalized spacial score (nSPS) is 26.4. The lowest BCUT2D eigenvalue weighted by Crippen LogP contribution is -2.54. The van der Waals surface area contributed by atoms with E-state index in [0.29, 0.717) is 19.6 Å². The Balaban J connectivity index is 2.10.